The highest BCUT2D eigenvalue weighted by molar-refractivity contribution is 7.70. The first-order chi connectivity index (χ1) is 23.3. The van der Waals surface area contributed by atoms with Gasteiger partial charge in [0.05, 0.1) is 12.1 Å². The molecule has 8 rings (SSSR count). The zero-order valence-electron chi connectivity index (χ0n) is 26.4. The molecule has 4 aliphatic heterocycles. The molecule has 0 spiro atoms. The van der Waals surface area contributed by atoms with Gasteiger partial charge in [-0.05, 0) is 86.1 Å². The van der Waals surface area contributed by atoms with E-state index in [0.717, 1.165) is 62.4 Å². The predicted molar refractivity (Wildman–Crippen MR) is 180 cm³/mol. The van der Waals surface area contributed by atoms with Gasteiger partial charge in [0, 0.05) is 36.1 Å². The minimum Gasteiger partial charge on any atom is -0.508 e. The van der Waals surface area contributed by atoms with Gasteiger partial charge in [0.1, 0.15) is 23.7 Å². The minimum absolute atomic E-state index is 0.0447. The van der Waals surface area contributed by atoms with E-state index in [-0.39, 0.29) is 47.4 Å². The van der Waals surface area contributed by atoms with Crippen LogP contribution in [-0.2, 0) is 15.7 Å². The van der Waals surface area contributed by atoms with Gasteiger partial charge in [-0.15, -0.1) is 0 Å². The van der Waals surface area contributed by atoms with Crippen molar-refractivity contribution in [2.24, 2.45) is 0 Å². The molecular weight excluding hydrogens is 637 g/mol. The number of aromatic hydroxyl groups is 1. The van der Waals surface area contributed by atoms with Gasteiger partial charge in [-0.2, -0.15) is 14.8 Å². The number of fused-ring (bicyclic) bond motifs is 5. The van der Waals surface area contributed by atoms with Crippen LogP contribution in [0.2, 0.25) is 0 Å². The van der Waals surface area contributed by atoms with Crippen LogP contribution in [0.3, 0.4) is 0 Å². The Morgan fingerprint density at radius 3 is 2.50 bits per heavy atom. The van der Waals surface area contributed by atoms with E-state index in [0.29, 0.717) is 42.0 Å². The second-order valence-corrected chi connectivity index (χ2v) is 14.1. The molecule has 4 aliphatic rings. The molecule has 0 radical (unpaired) electrons. The van der Waals surface area contributed by atoms with Crippen LogP contribution in [0.1, 0.15) is 38.5 Å². The summed E-state index contributed by atoms with van der Waals surface area (Å²) < 4.78 is 45.0. The quantitative estimate of drug-likeness (QED) is 0.155. The molecule has 1 aromatic heterocycles. The number of amides is 1. The first-order valence-electron chi connectivity index (χ1n) is 16.6. The van der Waals surface area contributed by atoms with Crippen molar-refractivity contribution in [1.82, 2.24) is 30.0 Å². The summed E-state index contributed by atoms with van der Waals surface area (Å²) in [6.45, 7) is 3.34. The summed E-state index contributed by atoms with van der Waals surface area (Å²) in [5, 5.41) is 12.7. The maximum absolute atomic E-state index is 16.8. The van der Waals surface area contributed by atoms with Gasteiger partial charge in [0.15, 0.2) is 5.82 Å². The van der Waals surface area contributed by atoms with Gasteiger partial charge in [-0.25, -0.2) is 18.2 Å². The molecule has 12 nitrogen and oxygen atoms in total. The number of rotatable bonds is 9. The summed E-state index contributed by atoms with van der Waals surface area (Å²) in [5.74, 6) is -0.108. The van der Waals surface area contributed by atoms with E-state index >= 15 is 4.39 Å². The Bertz CT molecular complexity index is 1960. The van der Waals surface area contributed by atoms with Crippen molar-refractivity contribution in [3.8, 4) is 22.9 Å². The third-order valence-electron chi connectivity index (χ3n) is 10.7. The number of hydrazine groups is 1. The number of piperazine rings is 1. The molecule has 0 saturated carbocycles. The first kappa shape index (κ1) is 31.2. The molecule has 2 atom stereocenters. The van der Waals surface area contributed by atoms with Gasteiger partial charge >= 0.3 is 6.01 Å². The molecular formula is C34H38FN7O5S. The summed E-state index contributed by atoms with van der Waals surface area (Å²) in [6, 6.07) is 14.2. The number of carbonyl (C=O) groups is 1. The van der Waals surface area contributed by atoms with Gasteiger partial charge in [0.2, 0.25) is 16.8 Å². The van der Waals surface area contributed by atoms with Crippen LogP contribution in [-0.4, -0.2) is 96.2 Å². The molecule has 4 aromatic rings. The van der Waals surface area contributed by atoms with Crippen LogP contribution >= 0.6 is 0 Å². The van der Waals surface area contributed by atoms with E-state index < -0.39 is 16.7 Å². The van der Waals surface area contributed by atoms with Crippen molar-refractivity contribution in [2.75, 3.05) is 44.2 Å². The van der Waals surface area contributed by atoms with Crippen LogP contribution in [0.5, 0.6) is 11.8 Å². The number of carbonyl (C=O) groups excluding carboxylic acids is 1. The van der Waals surface area contributed by atoms with Gasteiger partial charge in [-0.1, -0.05) is 30.3 Å². The van der Waals surface area contributed by atoms with Gasteiger partial charge < -0.3 is 19.6 Å². The summed E-state index contributed by atoms with van der Waals surface area (Å²) in [5.41, 5.74) is 3.44. The maximum atomic E-state index is 16.8. The van der Waals surface area contributed by atoms with Gasteiger partial charge in [-0.3, -0.25) is 9.69 Å². The van der Waals surface area contributed by atoms with E-state index in [9.17, 15) is 18.3 Å². The lowest BCUT2D eigenvalue weighted by molar-refractivity contribution is -0.133. The maximum Gasteiger partial charge on any atom is 0.319 e. The molecule has 2 bridgehead atoms. The van der Waals surface area contributed by atoms with Crippen molar-refractivity contribution in [1.29, 1.82) is 0 Å². The lowest BCUT2D eigenvalue weighted by atomic mass is 9.95. The number of benzene rings is 3. The van der Waals surface area contributed by atoms with Crippen molar-refractivity contribution in [3.63, 3.8) is 0 Å². The molecule has 1 amide bonds. The average Bonchev–Trinajstić information content (AvgIpc) is 3.74. The largest absolute Gasteiger partial charge is 0.508 e. The van der Waals surface area contributed by atoms with Gasteiger partial charge in [0.25, 0.3) is 0 Å². The van der Waals surface area contributed by atoms with E-state index in [1.54, 1.807) is 18.2 Å². The molecule has 5 heterocycles. The number of thiol groups is 1. The predicted octanol–water partition coefficient (Wildman–Crippen LogP) is 3.10. The molecule has 252 valence electrons. The van der Waals surface area contributed by atoms with E-state index in [2.05, 4.69) is 20.1 Å². The number of nitrogens with one attached hydrogen (secondary N) is 2. The minimum atomic E-state index is -2.87. The molecule has 0 unspecified atom stereocenters. The van der Waals surface area contributed by atoms with Crippen LogP contribution in [0.4, 0.5) is 10.2 Å². The van der Waals surface area contributed by atoms with E-state index in [1.807, 2.05) is 35.2 Å². The number of nitrogens with zero attached hydrogens (tertiary/aromatic N) is 5. The molecule has 3 N–H and O–H groups in total. The Labute approximate surface area is 278 Å². The normalized spacial score (nSPS) is 21.9. The number of hydrogen-bond acceptors (Lipinski definition) is 10. The van der Waals surface area contributed by atoms with Crippen LogP contribution < -0.4 is 19.9 Å². The monoisotopic (exact) mass is 675 g/mol. The van der Waals surface area contributed by atoms with Crippen molar-refractivity contribution in [2.45, 2.75) is 56.1 Å². The number of phenolic OH excluding ortho intramolecular Hbond substituents is 1. The highest BCUT2D eigenvalue weighted by Gasteiger charge is 2.46. The highest BCUT2D eigenvalue weighted by Crippen LogP contribution is 2.42. The van der Waals surface area contributed by atoms with Crippen LogP contribution in [0.15, 0.2) is 48.5 Å². The first-order valence-corrected chi connectivity index (χ1v) is 17.8. The summed E-state index contributed by atoms with van der Waals surface area (Å²) >= 11 is 0. The van der Waals surface area contributed by atoms with Crippen molar-refractivity contribution in [3.05, 3.63) is 54.3 Å². The number of aromatic nitrogens is 2. The average molecular weight is 676 g/mol. The summed E-state index contributed by atoms with van der Waals surface area (Å²) in [7, 11) is -2.87. The number of ether oxygens (including phenoxy) is 1. The number of anilines is 1. The van der Waals surface area contributed by atoms with E-state index in [1.165, 1.54) is 0 Å². The topological polar surface area (TPSA) is 140 Å². The van der Waals surface area contributed by atoms with Crippen molar-refractivity contribution >= 4 is 44.3 Å². The fraction of sp³-hybridized carbons (Fsp3) is 0.441. The molecule has 0 aliphatic carbocycles. The zero-order valence-corrected chi connectivity index (χ0v) is 27.3. The second-order valence-electron chi connectivity index (χ2n) is 13.4. The Hall–Kier alpha value is -4.11. The number of hydrogen-bond donors (Lipinski definition) is 4. The third-order valence-corrected chi connectivity index (χ3v) is 11.0. The number of phenols is 1. The van der Waals surface area contributed by atoms with Crippen LogP contribution in [0.25, 0.3) is 32.8 Å². The lowest BCUT2D eigenvalue weighted by Gasteiger charge is -2.42. The Morgan fingerprint density at radius 1 is 1.00 bits per heavy atom. The zero-order chi connectivity index (χ0) is 33.0. The SMILES string of the molecule is O=C(CNN[SH](=O)=O)N1[C@@H]2CC[C@H]1CN(c1nc(OCC34CCCN3CCC4)nc3c(F)c(-c4cc(O)cc5ccccc45)ccc13)C2. The molecule has 14 heteroatoms. The standard InChI is InChI=1S/C34H38FN7O5S/c35-30-26(28-16-24(43)15-21-5-1-2-6-25(21)28)9-10-27-31(30)37-33(47-20-34-11-3-13-41(34)14-4-12-34)38-32(27)40-18-22-7-8-23(19-40)42(22)29(44)17-36-39-48(45)46/h1-2,5-6,9-10,15-16,22-23,36,43,48H,3-4,7-8,11-14,17-20H2,(H,39,45,46)/t22-,23+. The smallest absolute Gasteiger partial charge is 0.319 e. The second kappa shape index (κ2) is 12.4. The Morgan fingerprint density at radius 2 is 1.75 bits per heavy atom. The summed E-state index contributed by atoms with van der Waals surface area (Å²) in [4.78, 5) is 31.2. The van der Waals surface area contributed by atoms with Crippen molar-refractivity contribution < 1.29 is 27.4 Å². The van der Waals surface area contributed by atoms with Crippen LogP contribution in [0, 0.1) is 5.82 Å². The Kier molecular flexibility index (Phi) is 8.06. The lowest BCUT2D eigenvalue weighted by Crippen LogP contribution is -2.58. The van der Waals surface area contributed by atoms with E-state index in [4.69, 9.17) is 14.7 Å². The fourth-order valence-electron chi connectivity index (χ4n) is 8.57. The molecule has 4 fully saturated rings. The fourth-order valence-corrected chi connectivity index (χ4v) is 8.78. The number of halogens is 1. The molecule has 48 heavy (non-hydrogen) atoms. The molecule has 4 saturated heterocycles. The highest BCUT2D eigenvalue weighted by atomic mass is 32.2. The Balaban J connectivity index is 1.17. The summed E-state index contributed by atoms with van der Waals surface area (Å²) in [6.07, 6.45) is 5.93. The molecule has 3 aromatic carbocycles. The third kappa shape index (κ3) is 5.50.